The first kappa shape index (κ1) is 32.6. The lowest BCUT2D eigenvalue weighted by molar-refractivity contribution is -0.140. The van der Waals surface area contributed by atoms with Crippen molar-refractivity contribution in [1.29, 1.82) is 0 Å². The standard InChI is InChI=1S/C27H43N7O6/c1-7-9-10-11-12-28-15-21(35)18(13-23(36)37)30-25(38)20(8-2)34-16-22(27(4,5)6)31-24(26(34)39)29-14-19-17(3)32-40-33-19/h16,18,20,28H,7-15H2,1-6H3,(H,29,31)(H,30,38)(H,36,37)/t18-,20+/m1/s1. The van der Waals surface area contributed by atoms with E-state index in [1.807, 2.05) is 20.8 Å². The Morgan fingerprint density at radius 1 is 1.12 bits per heavy atom. The fourth-order valence-corrected chi connectivity index (χ4v) is 4.00. The van der Waals surface area contributed by atoms with Crippen LogP contribution in [0.25, 0.3) is 0 Å². The van der Waals surface area contributed by atoms with Crippen molar-refractivity contribution in [2.24, 2.45) is 0 Å². The number of carboxylic acid groups (broad SMARTS) is 1. The van der Waals surface area contributed by atoms with Gasteiger partial charge in [-0.2, -0.15) is 0 Å². The summed E-state index contributed by atoms with van der Waals surface area (Å²) < 4.78 is 6.00. The second-order valence-electron chi connectivity index (χ2n) is 10.9. The second-order valence-corrected chi connectivity index (χ2v) is 10.9. The van der Waals surface area contributed by atoms with Crippen LogP contribution in [0.3, 0.4) is 0 Å². The molecule has 2 heterocycles. The van der Waals surface area contributed by atoms with Gasteiger partial charge in [0.2, 0.25) is 5.91 Å². The summed E-state index contributed by atoms with van der Waals surface area (Å²) in [6.07, 6.45) is 5.33. The van der Waals surface area contributed by atoms with Gasteiger partial charge in [-0.3, -0.25) is 23.7 Å². The molecule has 1 amide bonds. The molecule has 0 bridgehead atoms. The number of unbranched alkanes of at least 4 members (excludes halogenated alkanes) is 3. The number of hydrogen-bond donors (Lipinski definition) is 4. The van der Waals surface area contributed by atoms with Crippen LogP contribution in [-0.2, 0) is 26.3 Å². The van der Waals surface area contributed by atoms with Gasteiger partial charge in [-0.25, -0.2) is 9.61 Å². The highest BCUT2D eigenvalue weighted by Gasteiger charge is 2.30. The van der Waals surface area contributed by atoms with Crippen molar-refractivity contribution in [3.63, 3.8) is 0 Å². The Kier molecular flexibility index (Phi) is 12.4. The van der Waals surface area contributed by atoms with Crippen LogP contribution in [0.2, 0.25) is 0 Å². The van der Waals surface area contributed by atoms with E-state index in [2.05, 4.69) is 38.2 Å². The SMILES string of the molecule is CCCCCCNCC(=O)[C@@H](CC(=O)O)NC(=O)[C@H](CC)n1cc(C(C)(C)C)nc(NCc2nonc2C)c1=O. The van der Waals surface area contributed by atoms with Gasteiger partial charge in [0.05, 0.1) is 31.2 Å². The molecule has 0 aliphatic rings. The maximum Gasteiger partial charge on any atom is 0.305 e. The van der Waals surface area contributed by atoms with Gasteiger partial charge in [0, 0.05) is 11.6 Å². The third kappa shape index (κ3) is 9.54. The molecule has 2 aromatic rings. The third-order valence-corrected chi connectivity index (χ3v) is 6.48. The van der Waals surface area contributed by atoms with Gasteiger partial charge in [-0.15, -0.1) is 0 Å². The van der Waals surface area contributed by atoms with E-state index in [0.29, 0.717) is 23.6 Å². The van der Waals surface area contributed by atoms with E-state index in [1.165, 1.54) is 10.8 Å². The molecule has 0 aromatic carbocycles. The van der Waals surface area contributed by atoms with Gasteiger partial charge in [0.25, 0.3) is 5.56 Å². The number of aryl methyl sites for hydroxylation is 1. The van der Waals surface area contributed by atoms with Crippen LogP contribution in [0, 0.1) is 6.92 Å². The number of carbonyl (C=O) groups is 3. The lowest BCUT2D eigenvalue weighted by atomic mass is 9.92. The fraction of sp³-hybridized carbons (Fsp3) is 0.667. The van der Waals surface area contributed by atoms with Crippen LogP contribution in [0.1, 0.15) is 96.3 Å². The number of carbonyl (C=O) groups excluding carboxylic acids is 2. The van der Waals surface area contributed by atoms with Gasteiger partial charge in [-0.05, 0) is 26.3 Å². The van der Waals surface area contributed by atoms with Crippen molar-refractivity contribution < 1.29 is 24.1 Å². The average molecular weight is 562 g/mol. The van der Waals surface area contributed by atoms with Gasteiger partial charge in [-0.1, -0.05) is 64.2 Å². The minimum atomic E-state index is -1.23. The predicted octanol–water partition coefficient (Wildman–Crippen LogP) is 2.49. The lowest BCUT2D eigenvalue weighted by Crippen LogP contribution is -2.49. The average Bonchev–Trinajstić information content (AvgIpc) is 3.29. The summed E-state index contributed by atoms with van der Waals surface area (Å²) >= 11 is 0. The van der Waals surface area contributed by atoms with Crippen LogP contribution in [0.15, 0.2) is 15.6 Å². The summed E-state index contributed by atoms with van der Waals surface area (Å²) in [6.45, 7) is 12.0. The van der Waals surface area contributed by atoms with Gasteiger partial charge in [0.1, 0.15) is 17.4 Å². The van der Waals surface area contributed by atoms with E-state index >= 15 is 0 Å². The Morgan fingerprint density at radius 3 is 2.42 bits per heavy atom. The predicted molar refractivity (Wildman–Crippen MR) is 149 cm³/mol. The van der Waals surface area contributed by atoms with Gasteiger partial charge in [0.15, 0.2) is 11.6 Å². The quantitative estimate of drug-likeness (QED) is 0.208. The van der Waals surface area contributed by atoms with Crippen LogP contribution in [0.5, 0.6) is 0 Å². The second kappa shape index (κ2) is 15.2. The highest BCUT2D eigenvalue weighted by atomic mass is 16.6. The summed E-state index contributed by atoms with van der Waals surface area (Å²) in [5.74, 6) is -2.25. The first-order valence-electron chi connectivity index (χ1n) is 13.8. The molecule has 4 N–H and O–H groups in total. The Bertz CT molecular complexity index is 1200. The first-order valence-corrected chi connectivity index (χ1v) is 13.8. The van der Waals surface area contributed by atoms with Crippen LogP contribution >= 0.6 is 0 Å². The van der Waals surface area contributed by atoms with Crippen LogP contribution < -0.4 is 21.5 Å². The molecule has 222 valence electrons. The molecular weight excluding hydrogens is 518 g/mol. The van der Waals surface area contributed by atoms with Crippen molar-refractivity contribution in [3.8, 4) is 0 Å². The van der Waals surface area contributed by atoms with Crippen molar-refractivity contribution >= 4 is 23.5 Å². The summed E-state index contributed by atoms with van der Waals surface area (Å²) in [5.41, 5.74) is 0.625. The number of aromatic nitrogens is 4. The number of hydrogen-bond acceptors (Lipinski definition) is 10. The van der Waals surface area contributed by atoms with Crippen LogP contribution in [0.4, 0.5) is 5.82 Å². The van der Waals surface area contributed by atoms with E-state index in [4.69, 9.17) is 4.63 Å². The molecule has 0 spiro atoms. The molecule has 13 heteroatoms. The number of amides is 1. The molecule has 0 unspecified atom stereocenters. The molecule has 0 fully saturated rings. The fourth-order valence-electron chi connectivity index (χ4n) is 4.00. The number of anilines is 1. The summed E-state index contributed by atoms with van der Waals surface area (Å²) in [7, 11) is 0. The third-order valence-electron chi connectivity index (χ3n) is 6.48. The highest BCUT2D eigenvalue weighted by Crippen LogP contribution is 2.22. The van der Waals surface area contributed by atoms with E-state index in [9.17, 15) is 24.3 Å². The zero-order chi connectivity index (χ0) is 29.9. The lowest BCUT2D eigenvalue weighted by Gasteiger charge is -2.25. The number of nitrogens with one attached hydrogen (secondary N) is 3. The summed E-state index contributed by atoms with van der Waals surface area (Å²) in [4.78, 5) is 55.7. The zero-order valence-corrected chi connectivity index (χ0v) is 24.4. The molecule has 2 aromatic heterocycles. The van der Waals surface area contributed by atoms with Gasteiger partial charge >= 0.3 is 5.97 Å². The molecule has 2 rings (SSSR count). The smallest absolute Gasteiger partial charge is 0.305 e. The van der Waals surface area contributed by atoms with Gasteiger partial charge < -0.3 is 21.1 Å². The molecule has 0 radical (unpaired) electrons. The molecule has 0 saturated heterocycles. The van der Waals surface area contributed by atoms with Crippen molar-refractivity contribution in [2.45, 2.75) is 104 Å². The number of Topliss-reactive ketones (excluding diaryl/α,β-unsaturated/α-hetero) is 1. The van der Waals surface area contributed by atoms with E-state index in [1.54, 1.807) is 13.8 Å². The topological polar surface area (TPSA) is 181 Å². The first-order chi connectivity index (χ1) is 18.9. The summed E-state index contributed by atoms with van der Waals surface area (Å²) in [6, 6.07) is -2.24. The molecule has 2 atom stereocenters. The monoisotopic (exact) mass is 561 g/mol. The Labute approximate surface area is 234 Å². The van der Waals surface area contributed by atoms with Crippen molar-refractivity contribution in [3.05, 3.63) is 33.6 Å². The molecular formula is C27H43N7O6. The minimum absolute atomic E-state index is 0.0199. The number of ketones is 1. The van der Waals surface area contributed by atoms with Crippen LogP contribution in [-0.4, -0.2) is 61.8 Å². The number of aliphatic carboxylic acids is 1. The number of nitrogens with zero attached hydrogens (tertiary/aromatic N) is 4. The van der Waals surface area contributed by atoms with E-state index in [0.717, 1.165) is 25.7 Å². The maximum atomic E-state index is 13.5. The molecule has 13 nitrogen and oxygen atoms in total. The highest BCUT2D eigenvalue weighted by molar-refractivity contribution is 5.93. The van der Waals surface area contributed by atoms with E-state index < -0.39 is 47.1 Å². The summed E-state index contributed by atoms with van der Waals surface area (Å²) in [5, 5.41) is 25.5. The van der Waals surface area contributed by atoms with Crippen molar-refractivity contribution in [2.75, 3.05) is 18.4 Å². The van der Waals surface area contributed by atoms with Crippen molar-refractivity contribution in [1.82, 2.24) is 30.5 Å². The Balaban J connectivity index is 2.28. The Hall–Kier alpha value is -3.61. The number of carboxylic acids is 1. The number of rotatable bonds is 17. The minimum Gasteiger partial charge on any atom is -0.481 e. The maximum absolute atomic E-state index is 13.5. The normalized spacial score (nSPS) is 13.1. The largest absolute Gasteiger partial charge is 0.481 e. The Morgan fingerprint density at radius 2 is 1.85 bits per heavy atom. The molecule has 0 aliphatic heterocycles. The molecule has 0 aliphatic carbocycles. The molecule has 40 heavy (non-hydrogen) atoms. The zero-order valence-electron chi connectivity index (χ0n) is 24.4. The molecule has 0 saturated carbocycles. The van der Waals surface area contributed by atoms with E-state index in [-0.39, 0.29) is 25.3 Å².